The van der Waals surface area contributed by atoms with Crippen LogP contribution in [-0.4, -0.2) is 38.7 Å². The van der Waals surface area contributed by atoms with Gasteiger partial charge in [-0.3, -0.25) is 0 Å². The van der Waals surface area contributed by atoms with Crippen molar-refractivity contribution >= 4 is 28.2 Å². The Morgan fingerprint density at radius 3 is 2.53 bits per heavy atom. The number of fused-ring (bicyclic) bond motifs is 1. The van der Waals surface area contributed by atoms with E-state index in [2.05, 4.69) is 4.98 Å². The van der Waals surface area contributed by atoms with Crippen molar-refractivity contribution in [3.8, 4) is 11.5 Å². The number of hydrogen-bond donors (Lipinski definition) is 0. The van der Waals surface area contributed by atoms with E-state index in [-0.39, 0.29) is 0 Å². The maximum absolute atomic E-state index is 5.79. The molecule has 0 aliphatic heterocycles. The van der Waals surface area contributed by atoms with Crippen molar-refractivity contribution in [2.75, 3.05) is 38.6 Å². The van der Waals surface area contributed by atoms with Gasteiger partial charge in [-0.15, -0.1) is 11.6 Å². The molecule has 5 heteroatoms. The topological polar surface area (TPSA) is 34.6 Å². The first-order valence-corrected chi connectivity index (χ1v) is 6.52. The number of pyridine rings is 1. The Bertz CT molecular complexity index is 575. The lowest BCUT2D eigenvalue weighted by molar-refractivity contribution is 0.356. The molecule has 19 heavy (non-hydrogen) atoms. The average molecular weight is 281 g/mol. The van der Waals surface area contributed by atoms with Gasteiger partial charge in [0.05, 0.1) is 14.2 Å². The first kappa shape index (κ1) is 13.7. The fraction of sp³-hybridized carbons (Fsp3) is 0.357. The third-order valence-corrected chi connectivity index (χ3v) is 3.20. The molecule has 0 amide bonds. The number of methoxy groups -OCH3 is 2. The number of nitrogens with zero attached hydrogens (tertiary/aromatic N) is 2. The van der Waals surface area contributed by atoms with Gasteiger partial charge in [0.1, 0.15) is 5.82 Å². The van der Waals surface area contributed by atoms with E-state index in [1.807, 2.05) is 30.1 Å². The molecule has 0 aliphatic rings. The quantitative estimate of drug-likeness (QED) is 0.789. The molecule has 0 bridgehead atoms. The van der Waals surface area contributed by atoms with Crippen molar-refractivity contribution in [1.82, 2.24) is 4.98 Å². The minimum atomic E-state index is 0.557. The fourth-order valence-electron chi connectivity index (χ4n) is 2.02. The van der Waals surface area contributed by atoms with Crippen molar-refractivity contribution < 1.29 is 9.47 Å². The van der Waals surface area contributed by atoms with Gasteiger partial charge in [0.2, 0.25) is 0 Å². The van der Waals surface area contributed by atoms with Gasteiger partial charge in [-0.1, -0.05) is 0 Å². The summed E-state index contributed by atoms with van der Waals surface area (Å²) in [6.45, 7) is 0.738. The zero-order chi connectivity index (χ0) is 13.8. The lowest BCUT2D eigenvalue weighted by Crippen LogP contribution is -2.20. The molecule has 0 saturated carbocycles. The Labute approximate surface area is 117 Å². The Morgan fingerprint density at radius 2 is 1.89 bits per heavy atom. The minimum absolute atomic E-state index is 0.557. The van der Waals surface area contributed by atoms with Crippen LogP contribution in [0.25, 0.3) is 10.8 Å². The van der Waals surface area contributed by atoms with Crippen LogP contribution in [-0.2, 0) is 0 Å². The lowest BCUT2D eigenvalue weighted by Gasteiger charge is -2.19. The smallest absolute Gasteiger partial charge is 0.161 e. The zero-order valence-corrected chi connectivity index (χ0v) is 12.1. The number of halogens is 1. The number of ether oxygens (including phenoxy) is 2. The van der Waals surface area contributed by atoms with Gasteiger partial charge in [0.15, 0.2) is 11.5 Å². The van der Waals surface area contributed by atoms with E-state index in [0.717, 1.165) is 23.1 Å². The number of hydrogen-bond acceptors (Lipinski definition) is 4. The van der Waals surface area contributed by atoms with Crippen LogP contribution in [0.15, 0.2) is 24.4 Å². The SMILES string of the molecule is COc1cc2ccnc(N(C)CCCl)c2cc1OC. The first-order chi connectivity index (χ1) is 9.21. The van der Waals surface area contributed by atoms with Gasteiger partial charge >= 0.3 is 0 Å². The number of alkyl halides is 1. The molecule has 0 N–H and O–H groups in total. The molecule has 4 nitrogen and oxygen atoms in total. The van der Waals surface area contributed by atoms with Crippen molar-refractivity contribution in [2.45, 2.75) is 0 Å². The summed E-state index contributed by atoms with van der Waals surface area (Å²) in [5, 5.41) is 2.08. The maximum atomic E-state index is 5.79. The summed E-state index contributed by atoms with van der Waals surface area (Å²) in [6, 6.07) is 5.85. The summed E-state index contributed by atoms with van der Waals surface area (Å²) in [5.74, 6) is 2.86. The number of aromatic nitrogens is 1. The molecule has 102 valence electrons. The third kappa shape index (κ3) is 2.68. The van der Waals surface area contributed by atoms with Gasteiger partial charge < -0.3 is 14.4 Å². The predicted molar refractivity (Wildman–Crippen MR) is 78.8 cm³/mol. The lowest BCUT2D eigenvalue weighted by atomic mass is 10.1. The largest absolute Gasteiger partial charge is 0.493 e. The highest BCUT2D eigenvalue weighted by Crippen LogP contribution is 2.35. The van der Waals surface area contributed by atoms with Crippen molar-refractivity contribution in [2.24, 2.45) is 0 Å². The molecular weight excluding hydrogens is 264 g/mol. The summed E-state index contributed by atoms with van der Waals surface area (Å²) < 4.78 is 10.7. The van der Waals surface area contributed by atoms with E-state index < -0.39 is 0 Å². The van der Waals surface area contributed by atoms with E-state index in [1.54, 1.807) is 20.4 Å². The van der Waals surface area contributed by atoms with E-state index in [1.165, 1.54) is 0 Å². The van der Waals surface area contributed by atoms with Gasteiger partial charge in [0, 0.05) is 31.1 Å². The van der Waals surface area contributed by atoms with Crippen molar-refractivity contribution in [1.29, 1.82) is 0 Å². The minimum Gasteiger partial charge on any atom is -0.493 e. The molecule has 0 aliphatic carbocycles. The molecule has 0 atom stereocenters. The highest BCUT2D eigenvalue weighted by atomic mass is 35.5. The van der Waals surface area contributed by atoms with Gasteiger partial charge in [-0.05, 0) is 23.6 Å². The van der Waals surface area contributed by atoms with Crippen molar-refractivity contribution in [3.05, 3.63) is 24.4 Å². The highest BCUT2D eigenvalue weighted by molar-refractivity contribution is 6.18. The number of benzene rings is 1. The van der Waals surface area contributed by atoms with Crippen LogP contribution in [0.3, 0.4) is 0 Å². The normalized spacial score (nSPS) is 10.5. The molecule has 0 saturated heterocycles. The molecule has 1 heterocycles. The summed E-state index contributed by atoms with van der Waals surface area (Å²) in [4.78, 5) is 6.46. The predicted octanol–water partition coefficient (Wildman–Crippen LogP) is 2.93. The Balaban J connectivity index is 2.60. The molecular formula is C14H17ClN2O2. The second-order valence-electron chi connectivity index (χ2n) is 4.17. The molecule has 0 unspecified atom stereocenters. The summed E-state index contributed by atoms with van der Waals surface area (Å²) in [7, 11) is 5.23. The summed E-state index contributed by atoms with van der Waals surface area (Å²) >= 11 is 5.79. The van der Waals surface area contributed by atoms with E-state index in [0.29, 0.717) is 17.4 Å². The van der Waals surface area contributed by atoms with Gasteiger partial charge in [-0.25, -0.2) is 4.98 Å². The molecule has 1 aromatic heterocycles. The monoisotopic (exact) mass is 280 g/mol. The Morgan fingerprint density at radius 1 is 1.21 bits per heavy atom. The molecule has 1 aromatic carbocycles. The maximum Gasteiger partial charge on any atom is 0.161 e. The molecule has 2 rings (SSSR count). The Hall–Kier alpha value is -1.68. The van der Waals surface area contributed by atoms with Crippen LogP contribution < -0.4 is 14.4 Å². The second-order valence-corrected chi connectivity index (χ2v) is 4.55. The van der Waals surface area contributed by atoms with Crippen LogP contribution in [0.4, 0.5) is 5.82 Å². The molecule has 2 aromatic rings. The molecule has 0 fully saturated rings. The van der Waals surface area contributed by atoms with Crippen LogP contribution in [0.1, 0.15) is 0 Å². The standard InChI is InChI=1S/C14H17ClN2O2/c1-17(7-5-15)14-11-9-13(19-3)12(18-2)8-10(11)4-6-16-14/h4,6,8-9H,5,7H2,1-3H3. The summed E-state index contributed by atoms with van der Waals surface area (Å²) in [5.41, 5.74) is 0. The number of rotatable bonds is 5. The molecule has 0 radical (unpaired) electrons. The van der Waals surface area contributed by atoms with Gasteiger partial charge in [-0.2, -0.15) is 0 Å². The zero-order valence-electron chi connectivity index (χ0n) is 11.3. The van der Waals surface area contributed by atoms with E-state index in [9.17, 15) is 0 Å². The molecule has 0 spiro atoms. The van der Waals surface area contributed by atoms with Crippen LogP contribution in [0.2, 0.25) is 0 Å². The third-order valence-electron chi connectivity index (χ3n) is 3.03. The van der Waals surface area contributed by atoms with Crippen molar-refractivity contribution in [3.63, 3.8) is 0 Å². The summed E-state index contributed by atoms with van der Waals surface area (Å²) in [6.07, 6.45) is 1.79. The van der Waals surface area contributed by atoms with E-state index >= 15 is 0 Å². The van der Waals surface area contributed by atoms with Crippen LogP contribution in [0.5, 0.6) is 11.5 Å². The Kier molecular flexibility index (Phi) is 4.32. The number of anilines is 1. The fourth-order valence-corrected chi connectivity index (χ4v) is 2.27. The average Bonchev–Trinajstić information content (AvgIpc) is 2.45. The first-order valence-electron chi connectivity index (χ1n) is 5.99. The van der Waals surface area contributed by atoms with Crippen LogP contribution >= 0.6 is 11.6 Å². The highest BCUT2D eigenvalue weighted by Gasteiger charge is 2.12. The van der Waals surface area contributed by atoms with Gasteiger partial charge in [0.25, 0.3) is 0 Å². The van der Waals surface area contributed by atoms with Crippen LogP contribution in [0, 0.1) is 0 Å². The van der Waals surface area contributed by atoms with E-state index in [4.69, 9.17) is 21.1 Å². The second kappa shape index (κ2) is 5.97.